The molecule has 0 fully saturated rings. The van der Waals surface area contributed by atoms with Gasteiger partial charge in [-0.25, -0.2) is 0 Å². The molecular formula is C14H24N2S. The maximum Gasteiger partial charge on any atom is 0.0410 e. The van der Waals surface area contributed by atoms with Gasteiger partial charge in [-0.3, -0.25) is 0 Å². The van der Waals surface area contributed by atoms with Crippen LogP contribution in [0.4, 0.5) is 5.69 Å². The molecule has 2 rings (SSSR count). The highest BCUT2D eigenvalue weighted by Crippen LogP contribution is 2.33. The van der Waals surface area contributed by atoms with Gasteiger partial charge in [-0.2, -0.15) is 0 Å². The highest BCUT2D eigenvalue weighted by Gasteiger charge is 2.18. The van der Waals surface area contributed by atoms with E-state index in [4.69, 9.17) is 0 Å². The highest BCUT2D eigenvalue weighted by atomic mass is 32.2. The summed E-state index contributed by atoms with van der Waals surface area (Å²) in [6.45, 7) is 9.16. The van der Waals surface area contributed by atoms with Gasteiger partial charge in [0.1, 0.15) is 0 Å². The van der Waals surface area contributed by atoms with Crippen molar-refractivity contribution in [1.82, 2.24) is 6.15 Å². The molecule has 2 nitrogen and oxygen atoms in total. The first kappa shape index (κ1) is 14.4. The molecule has 0 unspecified atom stereocenters. The predicted molar refractivity (Wildman–Crippen MR) is 78.7 cm³/mol. The van der Waals surface area contributed by atoms with E-state index in [0.29, 0.717) is 5.25 Å². The van der Waals surface area contributed by atoms with E-state index in [0.717, 1.165) is 0 Å². The first-order chi connectivity index (χ1) is 7.70. The van der Waals surface area contributed by atoms with Crippen LogP contribution in [0.15, 0.2) is 23.1 Å². The number of rotatable bonds is 4. The molecule has 0 saturated carbocycles. The lowest BCUT2D eigenvalue weighted by atomic mass is 10.2. The van der Waals surface area contributed by atoms with E-state index >= 15 is 0 Å². The Balaban J connectivity index is 0.00000144. The van der Waals surface area contributed by atoms with Crippen LogP contribution >= 0.6 is 11.8 Å². The van der Waals surface area contributed by atoms with E-state index in [-0.39, 0.29) is 6.15 Å². The summed E-state index contributed by atoms with van der Waals surface area (Å²) >= 11 is 1.96. The van der Waals surface area contributed by atoms with Gasteiger partial charge in [-0.15, -0.1) is 11.8 Å². The molecule has 0 bridgehead atoms. The number of fused-ring (bicyclic) bond motifs is 1. The van der Waals surface area contributed by atoms with E-state index in [1.54, 1.807) is 0 Å². The maximum atomic E-state index is 2.53. The minimum absolute atomic E-state index is 0. The van der Waals surface area contributed by atoms with Gasteiger partial charge in [0.05, 0.1) is 0 Å². The number of thioether (sulfide) groups is 1. The fraction of sp³-hybridized carbons (Fsp3) is 0.571. The normalized spacial score (nSPS) is 13.8. The largest absolute Gasteiger partial charge is 0.371 e. The number of nitrogens with zero attached hydrogens (tertiary/aromatic N) is 1. The maximum absolute atomic E-state index is 2.53. The molecule has 1 aromatic carbocycles. The van der Waals surface area contributed by atoms with Crippen molar-refractivity contribution in [1.29, 1.82) is 0 Å². The SMILES string of the molecule is CCCN1CCc2ccc(SC(C)C)cc21.N. The number of benzene rings is 1. The standard InChI is InChI=1S/C14H21NS.H3N/c1-4-8-15-9-7-12-5-6-13(10-14(12)15)16-11(2)3;/h5-6,10-11H,4,7-9H2,1-3H3;1H3. The Morgan fingerprint density at radius 2 is 2.12 bits per heavy atom. The fourth-order valence-corrected chi connectivity index (χ4v) is 3.14. The van der Waals surface area contributed by atoms with Crippen LogP contribution in [0.25, 0.3) is 0 Å². The van der Waals surface area contributed by atoms with Gasteiger partial charge in [0.2, 0.25) is 0 Å². The summed E-state index contributed by atoms with van der Waals surface area (Å²) in [5.41, 5.74) is 3.01. The molecule has 96 valence electrons. The van der Waals surface area contributed by atoms with E-state index in [2.05, 4.69) is 43.9 Å². The van der Waals surface area contributed by atoms with Crippen molar-refractivity contribution < 1.29 is 0 Å². The zero-order valence-electron chi connectivity index (χ0n) is 11.2. The van der Waals surface area contributed by atoms with Crippen LogP contribution in [0.3, 0.4) is 0 Å². The summed E-state index contributed by atoms with van der Waals surface area (Å²) in [6.07, 6.45) is 2.46. The first-order valence-electron chi connectivity index (χ1n) is 6.25. The minimum atomic E-state index is 0. The molecular weight excluding hydrogens is 228 g/mol. The molecule has 0 saturated heterocycles. The summed E-state index contributed by atoms with van der Waals surface area (Å²) in [4.78, 5) is 3.94. The second-order valence-corrected chi connectivity index (χ2v) is 6.34. The third kappa shape index (κ3) is 3.39. The van der Waals surface area contributed by atoms with Gasteiger partial charge in [0, 0.05) is 28.9 Å². The number of hydrogen-bond acceptors (Lipinski definition) is 3. The molecule has 1 aliphatic rings. The van der Waals surface area contributed by atoms with Crippen LogP contribution in [0.5, 0.6) is 0 Å². The van der Waals surface area contributed by atoms with E-state index in [1.165, 1.54) is 42.1 Å². The third-order valence-electron chi connectivity index (χ3n) is 2.91. The molecule has 3 heteroatoms. The molecule has 0 atom stereocenters. The van der Waals surface area contributed by atoms with Crippen molar-refractivity contribution in [3.8, 4) is 0 Å². The minimum Gasteiger partial charge on any atom is -0.371 e. The van der Waals surface area contributed by atoms with Crippen molar-refractivity contribution in [2.24, 2.45) is 0 Å². The van der Waals surface area contributed by atoms with E-state index < -0.39 is 0 Å². The van der Waals surface area contributed by atoms with Crippen molar-refractivity contribution in [3.63, 3.8) is 0 Å². The molecule has 1 heterocycles. The third-order valence-corrected chi connectivity index (χ3v) is 3.91. The van der Waals surface area contributed by atoms with Crippen molar-refractivity contribution in [2.75, 3.05) is 18.0 Å². The van der Waals surface area contributed by atoms with Crippen molar-refractivity contribution in [2.45, 2.75) is 43.8 Å². The lowest BCUT2D eigenvalue weighted by Crippen LogP contribution is -2.20. The molecule has 0 spiro atoms. The Hall–Kier alpha value is -0.670. The lowest BCUT2D eigenvalue weighted by molar-refractivity contribution is 0.796. The average molecular weight is 252 g/mol. The summed E-state index contributed by atoms with van der Waals surface area (Å²) in [7, 11) is 0. The molecule has 0 amide bonds. The molecule has 0 aliphatic carbocycles. The first-order valence-corrected chi connectivity index (χ1v) is 7.13. The molecule has 1 aromatic rings. The van der Waals surface area contributed by atoms with Crippen LogP contribution in [0.1, 0.15) is 32.8 Å². The Labute approximate surface area is 109 Å². The van der Waals surface area contributed by atoms with Crippen LogP contribution in [-0.4, -0.2) is 18.3 Å². The van der Waals surface area contributed by atoms with Crippen LogP contribution in [0.2, 0.25) is 0 Å². The number of anilines is 1. The second-order valence-electron chi connectivity index (χ2n) is 4.69. The Morgan fingerprint density at radius 1 is 1.35 bits per heavy atom. The van der Waals surface area contributed by atoms with Gasteiger partial charge < -0.3 is 11.1 Å². The summed E-state index contributed by atoms with van der Waals surface area (Å²) in [6, 6.07) is 6.97. The Bertz CT molecular complexity index is 361. The fourth-order valence-electron chi connectivity index (χ4n) is 2.27. The molecule has 17 heavy (non-hydrogen) atoms. The van der Waals surface area contributed by atoms with Crippen LogP contribution < -0.4 is 11.1 Å². The zero-order chi connectivity index (χ0) is 11.5. The Morgan fingerprint density at radius 3 is 2.76 bits per heavy atom. The summed E-state index contributed by atoms with van der Waals surface area (Å²) in [5.74, 6) is 0. The smallest absolute Gasteiger partial charge is 0.0410 e. The predicted octanol–water partition coefficient (Wildman–Crippen LogP) is 4.12. The van der Waals surface area contributed by atoms with Gasteiger partial charge in [0.25, 0.3) is 0 Å². The van der Waals surface area contributed by atoms with E-state index in [9.17, 15) is 0 Å². The summed E-state index contributed by atoms with van der Waals surface area (Å²) in [5, 5.41) is 0.666. The van der Waals surface area contributed by atoms with Gasteiger partial charge in [0.15, 0.2) is 0 Å². The van der Waals surface area contributed by atoms with Gasteiger partial charge in [-0.1, -0.05) is 26.8 Å². The molecule has 1 aliphatic heterocycles. The average Bonchev–Trinajstić information content (AvgIpc) is 2.61. The summed E-state index contributed by atoms with van der Waals surface area (Å²) < 4.78 is 0. The Kier molecular flexibility index (Phi) is 5.34. The second kappa shape index (κ2) is 6.31. The highest BCUT2D eigenvalue weighted by molar-refractivity contribution is 7.99. The molecule has 3 N–H and O–H groups in total. The lowest BCUT2D eigenvalue weighted by Gasteiger charge is -2.19. The van der Waals surface area contributed by atoms with Crippen molar-refractivity contribution in [3.05, 3.63) is 23.8 Å². The topological polar surface area (TPSA) is 38.2 Å². The molecule has 0 radical (unpaired) electrons. The monoisotopic (exact) mass is 252 g/mol. The quantitative estimate of drug-likeness (QED) is 0.819. The van der Waals surface area contributed by atoms with Gasteiger partial charge in [-0.05, 0) is 30.5 Å². The van der Waals surface area contributed by atoms with Crippen LogP contribution in [0, 0.1) is 0 Å². The van der Waals surface area contributed by atoms with Gasteiger partial charge >= 0.3 is 0 Å². The zero-order valence-corrected chi connectivity index (χ0v) is 12.0. The van der Waals surface area contributed by atoms with Crippen LogP contribution in [-0.2, 0) is 6.42 Å². The number of hydrogen-bond donors (Lipinski definition) is 1. The van der Waals surface area contributed by atoms with Crippen molar-refractivity contribution >= 4 is 17.4 Å². The van der Waals surface area contributed by atoms with E-state index in [1.807, 2.05) is 11.8 Å². The molecule has 0 aromatic heterocycles.